The summed E-state index contributed by atoms with van der Waals surface area (Å²) in [7, 11) is 0. The maximum atomic E-state index is 5.84. The van der Waals surface area contributed by atoms with Crippen molar-refractivity contribution in [2.24, 2.45) is 0 Å². The summed E-state index contributed by atoms with van der Waals surface area (Å²) in [5, 5.41) is 10.5. The molecular weight excluding hydrogens is 218 g/mol. The monoisotopic (exact) mass is 227 g/mol. The topological polar surface area (TPSA) is 93.6 Å². The Bertz CT molecular complexity index is 629. The first-order valence-corrected chi connectivity index (χ1v) is 5.03. The first kappa shape index (κ1) is 9.59. The highest BCUT2D eigenvalue weighted by Crippen LogP contribution is 2.24. The van der Waals surface area contributed by atoms with Crippen LogP contribution in [0, 0.1) is 0 Å². The molecule has 3 rings (SSSR count). The van der Waals surface area contributed by atoms with Gasteiger partial charge in [-0.1, -0.05) is 17.3 Å². The molecule has 0 atom stereocenters. The lowest BCUT2D eigenvalue weighted by molar-refractivity contribution is 0.431. The lowest BCUT2D eigenvalue weighted by Crippen LogP contribution is -1.90. The lowest BCUT2D eigenvalue weighted by atomic mass is 10.2. The van der Waals surface area contributed by atoms with E-state index in [2.05, 4.69) is 20.3 Å². The molecule has 0 fully saturated rings. The smallest absolute Gasteiger partial charge is 0.276 e. The predicted molar refractivity (Wildman–Crippen MR) is 61.7 cm³/mol. The van der Waals surface area contributed by atoms with E-state index in [4.69, 9.17) is 10.3 Å². The summed E-state index contributed by atoms with van der Waals surface area (Å²) in [6, 6.07) is 9.12. The molecule has 0 spiro atoms. The number of para-hydroxylation sites is 1. The van der Waals surface area contributed by atoms with E-state index >= 15 is 0 Å². The number of rotatable bonds is 2. The summed E-state index contributed by atoms with van der Waals surface area (Å²) >= 11 is 0. The van der Waals surface area contributed by atoms with Crippen LogP contribution in [0.5, 0.6) is 0 Å². The second-order valence-electron chi connectivity index (χ2n) is 3.48. The maximum Gasteiger partial charge on any atom is 0.276 e. The molecule has 0 saturated heterocycles. The highest BCUT2D eigenvalue weighted by Gasteiger charge is 2.12. The summed E-state index contributed by atoms with van der Waals surface area (Å²) < 4.78 is 5.13. The molecule has 0 radical (unpaired) electrons. The zero-order valence-electron chi connectivity index (χ0n) is 8.79. The van der Waals surface area contributed by atoms with Crippen LogP contribution < -0.4 is 5.73 Å². The fraction of sp³-hybridized carbons (Fsp3) is 0. The molecule has 0 unspecified atom stereocenters. The van der Waals surface area contributed by atoms with Gasteiger partial charge in [-0.05, 0) is 18.2 Å². The van der Waals surface area contributed by atoms with Crippen molar-refractivity contribution in [2.75, 3.05) is 5.73 Å². The number of nitrogens with zero attached hydrogens (tertiary/aromatic N) is 3. The normalized spacial score (nSPS) is 10.6. The van der Waals surface area contributed by atoms with E-state index in [1.165, 1.54) is 0 Å². The van der Waals surface area contributed by atoms with Gasteiger partial charge in [0.05, 0.1) is 0 Å². The Morgan fingerprint density at radius 1 is 1.18 bits per heavy atom. The van der Waals surface area contributed by atoms with Gasteiger partial charge >= 0.3 is 0 Å². The van der Waals surface area contributed by atoms with Crippen molar-refractivity contribution in [1.29, 1.82) is 0 Å². The minimum Gasteiger partial charge on any atom is -0.398 e. The van der Waals surface area contributed by atoms with E-state index in [-0.39, 0.29) is 0 Å². The first-order chi connectivity index (χ1) is 8.34. The van der Waals surface area contributed by atoms with Crippen LogP contribution in [-0.2, 0) is 0 Å². The first-order valence-electron chi connectivity index (χ1n) is 5.03. The van der Waals surface area contributed by atoms with Gasteiger partial charge < -0.3 is 10.3 Å². The number of H-pyrrole nitrogens is 1. The second-order valence-corrected chi connectivity index (χ2v) is 3.48. The van der Waals surface area contributed by atoms with Gasteiger partial charge in [0.1, 0.15) is 5.69 Å². The third-order valence-corrected chi connectivity index (χ3v) is 2.36. The van der Waals surface area contributed by atoms with Crippen molar-refractivity contribution in [3.8, 4) is 23.0 Å². The summed E-state index contributed by atoms with van der Waals surface area (Å²) in [4.78, 5) is 4.25. The minimum atomic E-state index is 0.390. The average molecular weight is 227 g/mol. The number of benzene rings is 1. The second kappa shape index (κ2) is 3.75. The minimum absolute atomic E-state index is 0.390. The van der Waals surface area contributed by atoms with Crippen LogP contribution in [0.1, 0.15) is 0 Å². The van der Waals surface area contributed by atoms with Crippen LogP contribution in [0.15, 0.2) is 41.1 Å². The Balaban J connectivity index is 2.04. The van der Waals surface area contributed by atoms with Crippen LogP contribution in [0.4, 0.5) is 5.69 Å². The molecule has 6 heteroatoms. The number of hydrogen-bond donors (Lipinski definition) is 2. The molecule has 0 aliphatic heterocycles. The summed E-state index contributed by atoms with van der Waals surface area (Å²) in [6.07, 6.45) is 1.62. The number of aromatic nitrogens is 4. The van der Waals surface area contributed by atoms with Gasteiger partial charge in [-0.3, -0.25) is 5.10 Å². The molecule has 84 valence electrons. The molecule has 2 aromatic heterocycles. The largest absolute Gasteiger partial charge is 0.398 e. The standard InChI is InChI=1S/C11H9N5O/c12-8-4-2-1-3-7(8)10-14-11(17-16-10)9-5-6-13-15-9/h1-6H,12H2,(H,13,15). The number of anilines is 1. The number of nitrogens with two attached hydrogens (primary N) is 1. The van der Waals surface area contributed by atoms with Gasteiger partial charge in [-0.2, -0.15) is 10.1 Å². The Kier molecular flexibility index (Phi) is 2.11. The van der Waals surface area contributed by atoms with Gasteiger partial charge in [0.25, 0.3) is 5.89 Å². The lowest BCUT2D eigenvalue weighted by Gasteiger charge is -1.97. The van der Waals surface area contributed by atoms with Crippen LogP contribution in [0.25, 0.3) is 23.0 Å². The third-order valence-electron chi connectivity index (χ3n) is 2.36. The predicted octanol–water partition coefficient (Wildman–Crippen LogP) is 1.71. The summed E-state index contributed by atoms with van der Waals surface area (Å²) in [5.41, 5.74) is 7.88. The van der Waals surface area contributed by atoms with Crippen LogP contribution >= 0.6 is 0 Å². The van der Waals surface area contributed by atoms with Crippen molar-refractivity contribution < 1.29 is 4.52 Å². The van der Waals surface area contributed by atoms with E-state index in [1.807, 2.05) is 18.2 Å². The third kappa shape index (κ3) is 1.65. The molecule has 3 aromatic rings. The van der Waals surface area contributed by atoms with Gasteiger partial charge in [0.2, 0.25) is 5.82 Å². The Labute approximate surface area is 96.5 Å². The number of hydrogen-bond acceptors (Lipinski definition) is 5. The summed E-state index contributed by atoms with van der Waals surface area (Å²) in [6.45, 7) is 0. The van der Waals surface area contributed by atoms with Gasteiger partial charge in [-0.15, -0.1) is 0 Å². The van der Waals surface area contributed by atoms with E-state index in [9.17, 15) is 0 Å². The van der Waals surface area contributed by atoms with E-state index in [0.717, 1.165) is 5.56 Å². The molecule has 0 aliphatic carbocycles. The molecule has 2 heterocycles. The zero-order valence-corrected chi connectivity index (χ0v) is 8.79. The number of nitrogen functional groups attached to an aromatic ring is 1. The van der Waals surface area contributed by atoms with Crippen molar-refractivity contribution in [2.45, 2.75) is 0 Å². The highest BCUT2D eigenvalue weighted by atomic mass is 16.5. The quantitative estimate of drug-likeness (QED) is 0.650. The fourth-order valence-corrected chi connectivity index (χ4v) is 1.52. The van der Waals surface area contributed by atoms with Crippen LogP contribution in [0.2, 0.25) is 0 Å². The zero-order chi connectivity index (χ0) is 11.7. The molecule has 0 amide bonds. The SMILES string of the molecule is Nc1ccccc1-c1noc(-c2ccn[nH]2)n1. The van der Waals surface area contributed by atoms with E-state index in [1.54, 1.807) is 18.3 Å². The number of aromatic amines is 1. The Morgan fingerprint density at radius 2 is 2.06 bits per heavy atom. The molecule has 3 N–H and O–H groups in total. The molecule has 0 saturated carbocycles. The highest BCUT2D eigenvalue weighted by molar-refractivity contribution is 5.71. The average Bonchev–Trinajstić information content (AvgIpc) is 3.00. The van der Waals surface area contributed by atoms with Crippen LogP contribution in [-0.4, -0.2) is 20.3 Å². The van der Waals surface area contributed by atoms with Gasteiger partial charge in [-0.25, -0.2) is 0 Å². The Morgan fingerprint density at radius 3 is 2.82 bits per heavy atom. The number of nitrogens with one attached hydrogen (secondary N) is 1. The summed E-state index contributed by atoms with van der Waals surface area (Å²) in [5.74, 6) is 0.855. The maximum absolute atomic E-state index is 5.84. The van der Waals surface area contributed by atoms with Crippen LogP contribution in [0.3, 0.4) is 0 Å². The Hall–Kier alpha value is -2.63. The fourth-order valence-electron chi connectivity index (χ4n) is 1.52. The van der Waals surface area contributed by atoms with E-state index < -0.39 is 0 Å². The van der Waals surface area contributed by atoms with Crippen molar-refractivity contribution in [1.82, 2.24) is 20.3 Å². The van der Waals surface area contributed by atoms with Gasteiger partial charge in [0.15, 0.2) is 0 Å². The molecule has 0 bridgehead atoms. The molecule has 6 nitrogen and oxygen atoms in total. The van der Waals surface area contributed by atoms with Crippen molar-refractivity contribution >= 4 is 5.69 Å². The molecular formula is C11H9N5O. The molecule has 0 aliphatic rings. The molecule has 1 aromatic carbocycles. The van der Waals surface area contributed by atoms with E-state index in [0.29, 0.717) is 23.1 Å². The molecule has 17 heavy (non-hydrogen) atoms. The van der Waals surface area contributed by atoms with Gasteiger partial charge in [0, 0.05) is 17.4 Å². The van der Waals surface area contributed by atoms with Crippen molar-refractivity contribution in [3.05, 3.63) is 36.5 Å². The van der Waals surface area contributed by atoms with Crippen molar-refractivity contribution in [3.63, 3.8) is 0 Å².